The Morgan fingerprint density at radius 2 is 2.09 bits per heavy atom. The van der Waals surface area contributed by atoms with Crippen LogP contribution in [0.4, 0.5) is 5.82 Å². The van der Waals surface area contributed by atoms with Crippen molar-refractivity contribution in [2.24, 2.45) is 5.10 Å². The van der Waals surface area contributed by atoms with Crippen molar-refractivity contribution in [2.45, 2.75) is 0 Å². The molecule has 0 aliphatic heterocycles. The summed E-state index contributed by atoms with van der Waals surface area (Å²) in [6, 6.07) is 7.07. The number of hydrogen-bond acceptors (Lipinski definition) is 7. The lowest BCUT2D eigenvalue weighted by Gasteiger charge is -2.02. The number of amides is 1. The minimum Gasteiger partial charge on any atom is -0.497 e. The Morgan fingerprint density at radius 1 is 1.35 bits per heavy atom. The van der Waals surface area contributed by atoms with Crippen LogP contribution in [0.15, 0.2) is 39.0 Å². The van der Waals surface area contributed by atoms with Gasteiger partial charge in [-0.3, -0.25) is 14.6 Å². The average molecular weight is 318 g/mol. The normalized spacial score (nSPS) is 10.5. The zero-order chi connectivity index (χ0) is 16.7. The van der Waals surface area contributed by atoms with Crippen LogP contribution in [0.5, 0.6) is 5.75 Å². The number of carbonyl (C=O) groups excluding carboxylic acids is 1. The van der Waals surface area contributed by atoms with Gasteiger partial charge in [0, 0.05) is 0 Å². The van der Waals surface area contributed by atoms with Crippen molar-refractivity contribution in [3.05, 3.63) is 50.7 Å². The molecule has 0 bridgehead atoms. The largest absolute Gasteiger partial charge is 0.497 e. The fourth-order valence-corrected chi connectivity index (χ4v) is 1.54. The number of nitrogens with zero attached hydrogens (tertiary/aromatic N) is 2. The summed E-state index contributed by atoms with van der Waals surface area (Å²) in [5, 5.41) is 11.8. The molecule has 0 fully saturated rings. The van der Waals surface area contributed by atoms with Gasteiger partial charge in [0.15, 0.2) is 0 Å². The SMILES string of the molecule is COc1ccc(C=NNC(=O)CNc2n[nH]c(=O)[nH]c2=O)cc1. The first kappa shape index (κ1) is 15.9. The molecule has 0 atom stereocenters. The Morgan fingerprint density at radius 3 is 2.74 bits per heavy atom. The third-order valence-corrected chi connectivity index (χ3v) is 2.65. The Labute approximate surface area is 129 Å². The van der Waals surface area contributed by atoms with Crippen molar-refractivity contribution < 1.29 is 9.53 Å². The second-order valence-electron chi connectivity index (χ2n) is 4.28. The highest BCUT2D eigenvalue weighted by Crippen LogP contribution is 2.09. The second kappa shape index (κ2) is 7.54. The van der Waals surface area contributed by atoms with E-state index in [-0.39, 0.29) is 12.4 Å². The van der Waals surface area contributed by atoms with E-state index in [2.05, 4.69) is 20.9 Å². The van der Waals surface area contributed by atoms with E-state index in [1.807, 2.05) is 10.1 Å². The van der Waals surface area contributed by atoms with Crippen molar-refractivity contribution >= 4 is 17.9 Å². The molecule has 0 unspecified atom stereocenters. The topological polar surface area (TPSA) is 141 Å². The first-order chi connectivity index (χ1) is 11.1. The second-order valence-corrected chi connectivity index (χ2v) is 4.28. The number of aromatic amines is 2. The van der Waals surface area contributed by atoms with E-state index in [1.165, 1.54) is 6.21 Å². The number of nitrogens with one attached hydrogen (secondary N) is 4. The summed E-state index contributed by atoms with van der Waals surface area (Å²) >= 11 is 0. The summed E-state index contributed by atoms with van der Waals surface area (Å²) in [6.45, 7) is -0.234. The van der Waals surface area contributed by atoms with E-state index in [0.29, 0.717) is 5.75 Å². The van der Waals surface area contributed by atoms with Crippen LogP contribution in [0.1, 0.15) is 5.56 Å². The molecule has 10 nitrogen and oxygen atoms in total. The number of hydrogen-bond donors (Lipinski definition) is 4. The fraction of sp³-hybridized carbons (Fsp3) is 0.154. The molecule has 1 amide bonds. The standard InChI is InChI=1S/C13H14N6O4/c1-23-9-4-2-8(3-5-9)6-15-17-10(20)7-14-11-12(21)16-13(22)19-18-11/h2-6H,7H2,1H3,(H,14,18)(H,17,20)(H2,16,19,21,22). The third kappa shape index (κ3) is 4.81. The lowest BCUT2D eigenvalue weighted by molar-refractivity contribution is -0.119. The lowest BCUT2D eigenvalue weighted by atomic mass is 10.2. The molecule has 1 aromatic heterocycles. The van der Waals surface area contributed by atoms with Gasteiger partial charge in [-0.1, -0.05) is 0 Å². The first-order valence-electron chi connectivity index (χ1n) is 6.47. The molecule has 1 aromatic carbocycles. The highest BCUT2D eigenvalue weighted by molar-refractivity contribution is 5.84. The third-order valence-electron chi connectivity index (χ3n) is 2.65. The summed E-state index contributed by atoms with van der Waals surface area (Å²) in [5.41, 5.74) is 1.61. The van der Waals surface area contributed by atoms with Crippen LogP contribution in [0.3, 0.4) is 0 Å². The number of methoxy groups -OCH3 is 1. The van der Waals surface area contributed by atoms with Crippen molar-refractivity contribution in [2.75, 3.05) is 19.0 Å². The van der Waals surface area contributed by atoms with E-state index < -0.39 is 17.2 Å². The first-order valence-corrected chi connectivity index (χ1v) is 6.47. The summed E-state index contributed by atoms with van der Waals surface area (Å²) in [4.78, 5) is 35.7. The number of ether oxygens (including phenoxy) is 1. The Kier molecular flexibility index (Phi) is 5.23. The highest BCUT2D eigenvalue weighted by atomic mass is 16.5. The monoisotopic (exact) mass is 318 g/mol. The molecule has 0 spiro atoms. The van der Waals surface area contributed by atoms with Crippen LogP contribution >= 0.6 is 0 Å². The lowest BCUT2D eigenvalue weighted by Crippen LogP contribution is -2.31. The smallest absolute Gasteiger partial charge is 0.342 e. The van der Waals surface area contributed by atoms with Crippen LogP contribution in [0.25, 0.3) is 0 Å². The van der Waals surface area contributed by atoms with Crippen LogP contribution in [-0.4, -0.2) is 41.0 Å². The predicted octanol–water partition coefficient (Wildman–Crippen LogP) is -0.971. The maximum Gasteiger partial charge on any atom is 0.342 e. The van der Waals surface area contributed by atoms with Crippen LogP contribution < -0.4 is 26.7 Å². The highest BCUT2D eigenvalue weighted by Gasteiger charge is 2.04. The Bertz CT molecular complexity index is 808. The van der Waals surface area contributed by atoms with E-state index in [0.717, 1.165) is 5.56 Å². The molecule has 0 aliphatic carbocycles. The van der Waals surface area contributed by atoms with E-state index in [1.54, 1.807) is 31.4 Å². The molecule has 2 rings (SSSR count). The number of aromatic nitrogens is 3. The van der Waals surface area contributed by atoms with Crippen molar-refractivity contribution in [1.82, 2.24) is 20.6 Å². The van der Waals surface area contributed by atoms with Crippen molar-refractivity contribution in [3.8, 4) is 5.75 Å². The molecular weight excluding hydrogens is 304 g/mol. The molecule has 10 heteroatoms. The molecule has 120 valence electrons. The van der Waals surface area contributed by atoms with E-state index in [9.17, 15) is 14.4 Å². The van der Waals surface area contributed by atoms with Gasteiger partial charge in [0.1, 0.15) is 5.75 Å². The number of anilines is 1. The summed E-state index contributed by atoms with van der Waals surface area (Å²) in [5.74, 6) is 0.0649. The van der Waals surface area contributed by atoms with Gasteiger partial charge >= 0.3 is 5.69 Å². The molecule has 23 heavy (non-hydrogen) atoms. The van der Waals surface area contributed by atoms with Gasteiger partial charge in [-0.15, -0.1) is 5.10 Å². The number of hydrazone groups is 1. The maximum absolute atomic E-state index is 11.6. The minimum atomic E-state index is -0.728. The van der Waals surface area contributed by atoms with Crippen LogP contribution in [0, 0.1) is 0 Å². The molecule has 1 heterocycles. The summed E-state index contributed by atoms with van der Waals surface area (Å²) in [7, 11) is 1.57. The quantitative estimate of drug-likeness (QED) is 0.399. The molecule has 0 saturated carbocycles. The van der Waals surface area contributed by atoms with Gasteiger partial charge in [0.2, 0.25) is 5.82 Å². The Hall–Kier alpha value is -3.43. The summed E-state index contributed by atoms with van der Waals surface area (Å²) < 4.78 is 5.02. The van der Waals surface area contributed by atoms with Gasteiger partial charge in [-0.25, -0.2) is 15.3 Å². The van der Waals surface area contributed by atoms with Crippen molar-refractivity contribution in [1.29, 1.82) is 0 Å². The molecule has 4 N–H and O–H groups in total. The molecule has 2 aromatic rings. The minimum absolute atomic E-state index is 0.168. The van der Waals surface area contributed by atoms with Crippen molar-refractivity contribution in [3.63, 3.8) is 0 Å². The number of benzene rings is 1. The predicted molar refractivity (Wildman–Crippen MR) is 82.7 cm³/mol. The Balaban J connectivity index is 1.83. The molecule has 0 radical (unpaired) electrons. The maximum atomic E-state index is 11.6. The number of carbonyl (C=O) groups is 1. The van der Waals surface area contributed by atoms with Gasteiger partial charge in [0.25, 0.3) is 11.5 Å². The molecule has 0 saturated heterocycles. The average Bonchev–Trinajstić information content (AvgIpc) is 2.54. The van der Waals surface area contributed by atoms with Gasteiger partial charge in [-0.05, 0) is 29.8 Å². The number of H-pyrrole nitrogens is 2. The van der Waals surface area contributed by atoms with E-state index in [4.69, 9.17) is 4.74 Å². The molecule has 0 aliphatic rings. The van der Waals surface area contributed by atoms with Gasteiger partial charge < -0.3 is 10.1 Å². The number of rotatable bonds is 6. The zero-order valence-electron chi connectivity index (χ0n) is 12.1. The van der Waals surface area contributed by atoms with Crippen LogP contribution in [0.2, 0.25) is 0 Å². The summed E-state index contributed by atoms with van der Waals surface area (Å²) in [6.07, 6.45) is 1.46. The fourth-order valence-electron chi connectivity index (χ4n) is 1.54. The van der Waals surface area contributed by atoms with E-state index >= 15 is 0 Å². The molecular formula is C13H14N6O4. The zero-order valence-corrected chi connectivity index (χ0v) is 12.1. The van der Waals surface area contributed by atoms with Crippen LogP contribution in [-0.2, 0) is 4.79 Å². The van der Waals surface area contributed by atoms with Gasteiger partial charge in [-0.2, -0.15) is 5.10 Å². The van der Waals surface area contributed by atoms with Gasteiger partial charge in [0.05, 0.1) is 19.9 Å².